The molecule has 1 unspecified atom stereocenters. The highest BCUT2D eigenvalue weighted by molar-refractivity contribution is 5.92. The highest BCUT2D eigenvalue weighted by Gasteiger charge is 2.38. The van der Waals surface area contributed by atoms with Crippen LogP contribution in [-0.2, 0) is 25.3 Å². The molecule has 5 rings (SSSR count). The lowest BCUT2D eigenvalue weighted by Gasteiger charge is -2.35. The molecule has 12 heteroatoms. The van der Waals surface area contributed by atoms with Gasteiger partial charge >= 0.3 is 12.4 Å². The Balaban J connectivity index is 1.30. The molecule has 5 nitrogen and oxygen atoms in total. The van der Waals surface area contributed by atoms with Gasteiger partial charge in [-0.1, -0.05) is 12.1 Å². The summed E-state index contributed by atoms with van der Waals surface area (Å²) in [5.41, 5.74) is -2.11. The average molecular weight is 540 g/mol. The van der Waals surface area contributed by atoms with E-state index in [9.17, 15) is 35.5 Å². The van der Waals surface area contributed by atoms with Crippen molar-refractivity contribution in [3.05, 3.63) is 82.7 Å². The first kappa shape index (κ1) is 26.1. The molecule has 0 aliphatic carbocycles. The number of para-hydroxylation sites is 1. The Bertz CT molecular complexity index is 1310. The lowest BCUT2D eigenvalue weighted by atomic mass is 9.89. The fraction of sp³-hybridized carbons (Fsp3) is 0.385. The van der Waals surface area contributed by atoms with Crippen LogP contribution >= 0.6 is 0 Å². The summed E-state index contributed by atoms with van der Waals surface area (Å²) in [5.74, 6) is -0.716. The van der Waals surface area contributed by atoms with E-state index in [1.165, 1.54) is 12.3 Å². The van der Waals surface area contributed by atoms with Crippen LogP contribution in [0.15, 0.2) is 48.7 Å². The summed E-state index contributed by atoms with van der Waals surface area (Å²) in [7, 11) is 0. The summed E-state index contributed by atoms with van der Waals surface area (Å²) in [6, 6.07) is 8.05. The minimum atomic E-state index is -4.92. The smallest absolute Gasteiger partial charge is 0.366 e. The van der Waals surface area contributed by atoms with Crippen LogP contribution < -0.4 is 4.90 Å². The number of alkyl halides is 6. The van der Waals surface area contributed by atoms with Gasteiger partial charge in [0.2, 0.25) is 0 Å². The molecule has 3 heterocycles. The number of carbonyl (C=O) groups is 1. The molecule has 0 spiro atoms. The maximum Gasteiger partial charge on any atom is 0.416 e. The summed E-state index contributed by atoms with van der Waals surface area (Å²) in [5, 5.41) is 0. The second-order valence-electron chi connectivity index (χ2n) is 9.50. The molecular formula is C26H23F7N4O. The molecule has 3 aromatic rings. The van der Waals surface area contributed by atoms with Crippen molar-refractivity contribution < 1.29 is 35.5 Å². The second kappa shape index (κ2) is 9.63. The summed E-state index contributed by atoms with van der Waals surface area (Å²) < 4.78 is 95.6. The van der Waals surface area contributed by atoms with E-state index in [1.807, 2.05) is 4.90 Å². The van der Waals surface area contributed by atoms with Gasteiger partial charge in [0.05, 0.1) is 16.8 Å². The van der Waals surface area contributed by atoms with Gasteiger partial charge in [-0.05, 0) is 42.3 Å². The van der Waals surface area contributed by atoms with Gasteiger partial charge in [0.25, 0.3) is 5.91 Å². The normalized spacial score (nSPS) is 18.4. The molecule has 0 bridgehead atoms. The van der Waals surface area contributed by atoms with Crippen LogP contribution in [0, 0.1) is 5.82 Å². The summed E-state index contributed by atoms with van der Waals surface area (Å²) in [6.45, 7) is 1.67. The van der Waals surface area contributed by atoms with E-state index < -0.39 is 29.4 Å². The zero-order valence-electron chi connectivity index (χ0n) is 20.0. The van der Waals surface area contributed by atoms with Gasteiger partial charge in [0, 0.05) is 51.3 Å². The molecular weight excluding hydrogens is 517 g/mol. The number of fused-ring (bicyclic) bond motifs is 1. The van der Waals surface area contributed by atoms with Gasteiger partial charge in [-0.2, -0.15) is 26.3 Å². The molecule has 0 N–H and O–H groups in total. The van der Waals surface area contributed by atoms with E-state index in [1.54, 1.807) is 27.7 Å². The SMILES string of the molecule is O=C(c1cn2c(n1)CCC(c1cc(C(F)(F)F)cc(C(F)(F)F)c1)C2)N1CCN(c2ccccc2F)CC1. The quantitative estimate of drug-likeness (QED) is 0.398. The van der Waals surface area contributed by atoms with Crippen molar-refractivity contribution in [2.75, 3.05) is 31.1 Å². The maximum absolute atomic E-state index is 14.1. The number of piperazine rings is 1. The average Bonchev–Trinajstić information content (AvgIpc) is 3.31. The summed E-state index contributed by atoms with van der Waals surface area (Å²) in [6.07, 6.45) is -7.73. The lowest BCUT2D eigenvalue weighted by molar-refractivity contribution is -0.143. The van der Waals surface area contributed by atoms with Crippen LogP contribution in [-0.4, -0.2) is 46.5 Å². The predicted molar refractivity (Wildman–Crippen MR) is 124 cm³/mol. The minimum Gasteiger partial charge on any atom is -0.366 e. The standard InChI is InChI=1S/C26H23F7N4O/c27-20-3-1-2-4-22(20)35-7-9-36(10-8-35)24(38)21-15-37-14-16(5-6-23(37)34-21)17-11-18(25(28,29)30)13-19(12-17)26(31,32)33/h1-4,11-13,15-16H,5-10,14H2. The molecule has 2 aromatic carbocycles. The Morgan fingerprint density at radius 3 is 2.13 bits per heavy atom. The van der Waals surface area contributed by atoms with E-state index in [4.69, 9.17) is 0 Å². The minimum absolute atomic E-state index is 0.0522. The van der Waals surface area contributed by atoms with E-state index in [0.29, 0.717) is 50.5 Å². The third-order valence-electron chi connectivity index (χ3n) is 7.05. The molecule has 38 heavy (non-hydrogen) atoms. The molecule has 1 fully saturated rings. The number of rotatable bonds is 3. The Hall–Kier alpha value is -3.57. The van der Waals surface area contributed by atoms with Crippen LogP contribution in [0.3, 0.4) is 0 Å². The van der Waals surface area contributed by atoms with Gasteiger partial charge in [-0.15, -0.1) is 0 Å². The van der Waals surface area contributed by atoms with Crippen molar-refractivity contribution in [3.8, 4) is 0 Å². The fourth-order valence-electron chi connectivity index (χ4n) is 5.05. The van der Waals surface area contributed by atoms with E-state index >= 15 is 0 Å². The van der Waals surface area contributed by atoms with Crippen LogP contribution in [0.2, 0.25) is 0 Å². The van der Waals surface area contributed by atoms with Gasteiger partial charge in [-0.3, -0.25) is 4.79 Å². The molecule has 1 amide bonds. The van der Waals surface area contributed by atoms with Gasteiger partial charge in [0.1, 0.15) is 17.3 Å². The van der Waals surface area contributed by atoms with Gasteiger partial charge in [-0.25, -0.2) is 9.37 Å². The number of carbonyl (C=O) groups excluding carboxylic acids is 1. The van der Waals surface area contributed by atoms with Crippen LogP contribution in [0.25, 0.3) is 0 Å². The number of halogens is 7. The zero-order chi connectivity index (χ0) is 27.2. The lowest BCUT2D eigenvalue weighted by Crippen LogP contribution is -2.49. The third-order valence-corrected chi connectivity index (χ3v) is 7.05. The number of benzene rings is 2. The largest absolute Gasteiger partial charge is 0.416 e. The van der Waals surface area contributed by atoms with E-state index in [0.717, 1.165) is 12.1 Å². The molecule has 1 aromatic heterocycles. The first-order valence-electron chi connectivity index (χ1n) is 12.0. The Labute approximate surface area is 213 Å². The van der Waals surface area contributed by atoms with Crippen molar-refractivity contribution in [2.24, 2.45) is 0 Å². The molecule has 1 atom stereocenters. The molecule has 2 aliphatic heterocycles. The van der Waals surface area contributed by atoms with Crippen LogP contribution in [0.4, 0.5) is 36.4 Å². The van der Waals surface area contributed by atoms with Crippen molar-refractivity contribution in [1.82, 2.24) is 14.5 Å². The highest BCUT2D eigenvalue weighted by atomic mass is 19.4. The number of aryl methyl sites for hydroxylation is 1. The van der Waals surface area contributed by atoms with Crippen molar-refractivity contribution >= 4 is 11.6 Å². The maximum atomic E-state index is 14.1. The Kier molecular flexibility index (Phi) is 6.60. The topological polar surface area (TPSA) is 41.4 Å². The van der Waals surface area contributed by atoms with Crippen molar-refractivity contribution in [2.45, 2.75) is 37.7 Å². The number of nitrogens with zero attached hydrogens (tertiary/aromatic N) is 4. The Morgan fingerprint density at radius 2 is 1.53 bits per heavy atom. The summed E-state index contributed by atoms with van der Waals surface area (Å²) >= 11 is 0. The molecule has 202 valence electrons. The fourth-order valence-corrected chi connectivity index (χ4v) is 5.05. The number of aromatic nitrogens is 2. The number of hydrogen-bond acceptors (Lipinski definition) is 3. The zero-order valence-corrected chi connectivity index (χ0v) is 20.0. The van der Waals surface area contributed by atoms with Crippen molar-refractivity contribution in [1.29, 1.82) is 0 Å². The number of amides is 1. The van der Waals surface area contributed by atoms with Crippen molar-refractivity contribution in [3.63, 3.8) is 0 Å². The summed E-state index contributed by atoms with van der Waals surface area (Å²) in [4.78, 5) is 20.9. The van der Waals surface area contributed by atoms with Crippen LogP contribution in [0.1, 0.15) is 45.3 Å². The number of anilines is 1. The van der Waals surface area contributed by atoms with E-state index in [2.05, 4.69) is 4.98 Å². The molecule has 1 saturated heterocycles. The molecule has 2 aliphatic rings. The molecule has 0 saturated carbocycles. The number of imidazole rings is 1. The Morgan fingerprint density at radius 1 is 0.895 bits per heavy atom. The highest BCUT2D eigenvalue weighted by Crippen LogP contribution is 2.39. The second-order valence-corrected chi connectivity index (χ2v) is 9.50. The first-order valence-corrected chi connectivity index (χ1v) is 12.0. The third kappa shape index (κ3) is 5.21. The predicted octanol–water partition coefficient (Wildman–Crippen LogP) is 5.75. The van der Waals surface area contributed by atoms with Gasteiger partial charge in [0.15, 0.2) is 0 Å². The van der Waals surface area contributed by atoms with Crippen LogP contribution in [0.5, 0.6) is 0 Å². The monoisotopic (exact) mass is 540 g/mol. The first-order chi connectivity index (χ1) is 17.9. The van der Waals surface area contributed by atoms with Gasteiger partial charge < -0.3 is 14.4 Å². The van der Waals surface area contributed by atoms with E-state index in [-0.39, 0.29) is 35.6 Å². The molecule has 0 radical (unpaired) electrons. The number of hydrogen-bond donors (Lipinski definition) is 0.